The van der Waals surface area contributed by atoms with Crippen LogP contribution in [0.5, 0.6) is 0 Å². The maximum atomic E-state index is 10.9. The predicted octanol–water partition coefficient (Wildman–Crippen LogP) is 2.55. The lowest BCUT2D eigenvalue weighted by Crippen LogP contribution is -2.54. The lowest BCUT2D eigenvalue weighted by molar-refractivity contribution is 0.0483. The zero-order valence-corrected chi connectivity index (χ0v) is 12.7. The molecule has 2 unspecified atom stereocenters. The fourth-order valence-corrected chi connectivity index (χ4v) is 4.42. The monoisotopic (exact) mass is 294 g/mol. The van der Waals surface area contributed by atoms with E-state index >= 15 is 0 Å². The molecule has 2 saturated heterocycles. The van der Waals surface area contributed by atoms with E-state index in [-0.39, 0.29) is 0 Å². The molecule has 3 heterocycles. The zero-order chi connectivity index (χ0) is 14.1. The summed E-state index contributed by atoms with van der Waals surface area (Å²) in [5.74, 6) is -0.832. The maximum Gasteiger partial charge on any atom is 0.336 e. The standard InChI is InChI=1S/C15H22N2O2S/c1-17-12-3-2-4-13(17)7-11(6-12)16-8-14-5-10(9-20-14)15(18)19/h5,9,11-13,16H,2-4,6-8H2,1H3,(H,18,19). The molecule has 3 rings (SSSR count). The Morgan fingerprint density at radius 1 is 1.45 bits per heavy atom. The number of hydrogen-bond acceptors (Lipinski definition) is 4. The van der Waals surface area contributed by atoms with E-state index in [1.54, 1.807) is 11.4 Å². The predicted molar refractivity (Wildman–Crippen MR) is 80.3 cm³/mol. The van der Waals surface area contributed by atoms with Crippen molar-refractivity contribution < 1.29 is 9.90 Å². The van der Waals surface area contributed by atoms with Gasteiger partial charge in [0.05, 0.1) is 5.56 Å². The fraction of sp³-hybridized carbons (Fsp3) is 0.667. The number of fused-ring (bicyclic) bond motifs is 2. The third kappa shape index (κ3) is 2.90. The van der Waals surface area contributed by atoms with E-state index in [9.17, 15) is 4.79 Å². The average molecular weight is 294 g/mol. The van der Waals surface area contributed by atoms with Crippen molar-refractivity contribution in [2.24, 2.45) is 0 Å². The van der Waals surface area contributed by atoms with Gasteiger partial charge in [0.1, 0.15) is 0 Å². The molecule has 0 aliphatic carbocycles. The van der Waals surface area contributed by atoms with Crippen LogP contribution in [0.4, 0.5) is 0 Å². The molecule has 2 aliphatic heterocycles. The van der Waals surface area contributed by atoms with Crippen LogP contribution >= 0.6 is 11.3 Å². The second-order valence-corrected chi connectivity index (χ2v) is 7.06. The van der Waals surface area contributed by atoms with Crippen LogP contribution in [0, 0.1) is 0 Å². The van der Waals surface area contributed by atoms with E-state index < -0.39 is 5.97 Å². The number of hydrogen-bond donors (Lipinski definition) is 2. The van der Waals surface area contributed by atoms with E-state index in [2.05, 4.69) is 17.3 Å². The smallest absolute Gasteiger partial charge is 0.336 e. The number of carbonyl (C=O) groups is 1. The molecule has 1 aromatic heterocycles. The van der Waals surface area contributed by atoms with Crippen LogP contribution in [0.25, 0.3) is 0 Å². The third-order valence-electron chi connectivity index (χ3n) is 4.81. The van der Waals surface area contributed by atoms with E-state index in [0.29, 0.717) is 11.6 Å². The Morgan fingerprint density at radius 2 is 2.15 bits per heavy atom. The van der Waals surface area contributed by atoms with Gasteiger partial charge in [0.2, 0.25) is 0 Å². The van der Waals surface area contributed by atoms with Crippen molar-refractivity contribution in [3.63, 3.8) is 0 Å². The number of carboxylic acid groups (broad SMARTS) is 1. The van der Waals surface area contributed by atoms with E-state index in [1.165, 1.54) is 43.4 Å². The summed E-state index contributed by atoms with van der Waals surface area (Å²) in [7, 11) is 2.27. The summed E-state index contributed by atoms with van der Waals surface area (Å²) in [6, 6.07) is 3.84. The van der Waals surface area contributed by atoms with Crippen LogP contribution < -0.4 is 5.32 Å². The number of aromatic carboxylic acids is 1. The van der Waals surface area contributed by atoms with Gasteiger partial charge in [0, 0.05) is 34.9 Å². The molecule has 5 heteroatoms. The molecule has 2 N–H and O–H groups in total. The van der Waals surface area contributed by atoms with Crippen molar-refractivity contribution in [1.82, 2.24) is 10.2 Å². The van der Waals surface area contributed by atoms with Gasteiger partial charge < -0.3 is 15.3 Å². The molecule has 0 amide bonds. The quantitative estimate of drug-likeness (QED) is 0.896. The number of rotatable bonds is 4. The lowest BCUT2D eigenvalue weighted by atomic mass is 9.82. The summed E-state index contributed by atoms with van der Waals surface area (Å²) in [5.41, 5.74) is 0.409. The molecule has 4 nitrogen and oxygen atoms in total. The summed E-state index contributed by atoms with van der Waals surface area (Å²) >= 11 is 1.53. The molecular formula is C15H22N2O2S. The highest BCUT2D eigenvalue weighted by Crippen LogP contribution is 2.32. The Bertz CT molecular complexity index is 474. The Labute approximate surface area is 123 Å². The summed E-state index contributed by atoms with van der Waals surface area (Å²) in [5, 5.41) is 14.3. The minimum absolute atomic E-state index is 0.409. The van der Waals surface area contributed by atoms with Crippen molar-refractivity contribution in [2.45, 2.75) is 56.8 Å². The topological polar surface area (TPSA) is 52.6 Å². The van der Waals surface area contributed by atoms with Gasteiger partial charge in [0.15, 0.2) is 0 Å². The first kappa shape index (κ1) is 14.0. The van der Waals surface area contributed by atoms with Gasteiger partial charge in [-0.05, 0) is 38.8 Å². The normalized spacial score (nSPS) is 30.4. The number of piperidine rings is 2. The van der Waals surface area contributed by atoms with Crippen LogP contribution in [0.15, 0.2) is 11.4 Å². The maximum absolute atomic E-state index is 10.9. The molecule has 2 bridgehead atoms. The van der Waals surface area contributed by atoms with E-state index in [1.807, 2.05) is 0 Å². The number of nitrogens with zero attached hydrogens (tertiary/aromatic N) is 1. The molecule has 110 valence electrons. The van der Waals surface area contributed by atoms with Crippen LogP contribution in [0.1, 0.15) is 47.3 Å². The molecular weight excluding hydrogens is 272 g/mol. The number of thiophene rings is 1. The first-order chi connectivity index (χ1) is 9.63. The third-order valence-corrected chi connectivity index (χ3v) is 5.74. The highest BCUT2D eigenvalue weighted by atomic mass is 32.1. The van der Waals surface area contributed by atoms with Crippen LogP contribution in [0.2, 0.25) is 0 Å². The average Bonchev–Trinajstić information content (AvgIpc) is 2.86. The second kappa shape index (κ2) is 5.84. The number of carboxylic acids is 1. The van der Waals surface area contributed by atoms with Gasteiger partial charge in [0.25, 0.3) is 0 Å². The van der Waals surface area contributed by atoms with E-state index in [4.69, 9.17) is 5.11 Å². The highest BCUT2D eigenvalue weighted by Gasteiger charge is 2.35. The molecule has 0 aromatic carbocycles. The van der Waals surface area contributed by atoms with Gasteiger partial charge in [-0.2, -0.15) is 0 Å². The van der Waals surface area contributed by atoms with Gasteiger partial charge >= 0.3 is 5.97 Å². The number of nitrogens with one attached hydrogen (secondary N) is 1. The molecule has 2 aliphatic rings. The first-order valence-corrected chi connectivity index (χ1v) is 8.27. The molecule has 2 atom stereocenters. The van der Waals surface area contributed by atoms with Crippen molar-refractivity contribution in [1.29, 1.82) is 0 Å². The van der Waals surface area contributed by atoms with Gasteiger partial charge in [-0.3, -0.25) is 0 Å². The Hall–Kier alpha value is -0.910. The Balaban J connectivity index is 1.55. The summed E-state index contributed by atoms with van der Waals surface area (Å²) in [4.78, 5) is 14.6. The fourth-order valence-electron chi connectivity index (χ4n) is 3.61. The van der Waals surface area contributed by atoms with Gasteiger partial charge in [-0.25, -0.2) is 4.79 Å². The minimum Gasteiger partial charge on any atom is -0.478 e. The minimum atomic E-state index is -0.832. The SMILES string of the molecule is CN1C2CCCC1CC(NCc1cc(C(=O)O)cs1)C2. The van der Waals surface area contributed by atoms with E-state index in [0.717, 1.165) is 23.5 Å². The van der Waals surface area contributed by atoms with Gasteiger partial charge in [-0.15, -0.1) is 11.3 Å². The molecule has 1 aromatic rings. The molecule has 0 spiro atoms. The van der Waals surface area contributed by atoms with Crippen molar-refractivity contribution in [3.8, 4) is 0 Å². The van der Waals surface area contributed by atoms with Gasteiger partial charge in [-0.1, -0.05) is 6.42 Å². The zero-order valence-electron chi connectivity index (χ0n) is 11.8. The summed E-state index contributed by atoms with van der Waals surface area (Å²) < 4.78 is 0. The summed E-state index contributed by atoms with van der Waals surface area (Å²) in [6.45, 7) is 0.797. The van der Waals surface area contributed by atoms with Crippen LogP contribution in [0.3, 0.4) is 0 Å². The lowest BCUT2D eigenvalue weighted by Gasteiger charge is -2.47. The molecule has 20 heavy (non-hydrogen) atoms. The molecule has 2 fully saturated rings. The van der Waals surface area contributed by atoms with Crippen molar-refractivity contribution in [3.05, 3.63) is 21.9 Å². The second-order valence-electron chi connectivity index (χ2n) is 6.06. The molecule has 0 saturated carbocycles. The van der Waals surface area contributed by atoms with Crippen LogP contribution in [-0.4, -0.2) is 41.1 Å². The Kier molecular flexibility index (Phi) is 4.10. The van der Waals surface area contributed by atoms with Crippen LogP contribution in [-0.2, 0) is 6.54 Å². The first-order valence-electron chi connectivity index (χ1n) is 7.39. The summed E-state index contributed by atoms with van der Waals surface area (Å²) in [6.07, 6.45) is 6.48. The highest BCUT2D eigenvalue weighted by molar-refractivity contribution is 7.10. The largest absolute Gasteiger partial charge is 0.478 e. The van der Waals surface area contributed by atoms with Crippen molar-refractivity contribution in [2.75, 3.05) is 7.05 Å². The van der Waals surface area contributed by atoms with Crippen molar-refractivity contribution >= 4 is 17.3 Å². The molecule has 0 radical (unpaired) electrons. The Morgan fingerprint density at radius 3 is 2.75 bits per heavy atom.